The van der Waals surface area contributed by atoms with Crippen LogP contribution in [0.1, 0.15) is 30.4 Å². The fourth-order valence-corrected chi connectivity index (χ4v) is 2.33. The second kappa shape index (κ2) is 4.70. The summed E-state index contributed by atoms with van der Waals surface area (Å²) in [5, 5.41) is 0. The SMILES string of the molecule is COc1ccc(C2(N=C=O)CCC2)c(C(F)(F)F)c1. The van der Waals surface area contributed by atoms with Crippen LogP contribution in [0.4, 0.5) is 13.2 Å². The van der Waals surface area contributed by atoms with Gasteiger partial charge in [-0.25, -0.2) is 4.79 Å². The normalized spacial score (nSPS) is 17.3. The number of ether oxygens (including phenoxy) is 1. The molecule has 1 aliphatic carbocycles. The Labute approximate surface area is 108 Å². The summed E-state index contributed by atoms with van der Waals surface area (Å²) in [7, 11) is 1.30. The first kappa shape index (κ1) is 13.6. The second-order valence-corrected chi connectivity index (χ2v) is 4.50. The number of benzene rings is 1. The van der Waals surface area contributed by atoms with Crippen LogP contribution in [-0.4, -0.2) is 13.2 Å². The van der Waals surface area contributed by atoms with Gasteiger partial charge in [0.25, 0.3) is 0 Å². The number of hydrogen-bond donors (Lipinski definition) is 0. The molecule has 1 fully saturated rings. The van der Waals surface area contributed by atoms with Gasteiger partial charge in [-0.15, -0.1) is 0 Å². The van der Waals surface area contributed by atoms with Crippen molar-refractivity contribution in [2.75, 3.05) is 7.11 Å². The first-order valence-corrected chi connectivity index (χ1v) is 5.78. The van der Waals surface area contributed by atoms with Crippen molar-refractivity contribution in [3.8, 4) is 5.75 Å². The predicted molar refractivity (Wildman–Crippen MR) is 61.6 cm³/mol. The molecule has 0 unspecified atom stereocenters. The number of aliphatic imine (C=N–C) groups is 1. The molecule has 1 aliphatic rings. The van der Waals surface area contributed by atoms with E-state index in [0.29, 0.717) is 12.8 Å². The number of halogens is 3. The number of isocyanates is 1. The van der Waals surface area contributed by atoms with E-state index in [1.807, 2.05) is 0 Å². The molecule has 0 aliphatic heterocycles. The molecule has 2 rings (SSSR count). The maximum absolute atomic E-state index is 13.1. The van der Waals surface area contributed by atoms with E-state index < -0.39 is 17.3 Å². The Hall–Kier alpha value is -1.81. The van der Waals surface area contributed by atoms with E-state index in [4.69, 9.17) is 4.74 Å². The van der Waals surface area contributed by atoms with Crippen molar-refractivity contribution in [1.82, 2.24) is 0 Å². The van der Waals surface area contributed by atoms with Crippen LogP contribution in [0.15, 0.2) is 23.2 Å². The minimum absolute atomic E-state index is 0.0235. The Kier molecular flexibility index (Phi) is 3.37. The molecule has 102 valence electrons. The van der Waals surface area contributed by atoms with Crippen LogP contribution < -0.4 is 4.74 Å². The van der Waals surface area contributed by atoms with Gasteiger partial charge < -0.3 is 4.74 Å². The number of nitrogens with zero attached hydrogens (tertiary/aromatic N) is 1. The Morgan fingerprint density at radius 2 is 2.05 bits per heavy atom. The number of carbonyl (C=O) groups excluding carboxylic acids is 1. The third-order valence-electron chi connectivity index (χ3n) is 3.47. The molecule has 0 amide bonds. The minimum Gasteiger partial charge on any atom is -0.497 e. The summed E-state index contributed by atoms with van der Waals surface area (Å²) in [6.45, 7) is 0. The molecule has 1 saturated carbocycles. The Morgan fingerprint density at radius 3 is 2.47 bits per heavy atom. The second-order valence-electron chi connectivity index (χ2n) is 4.50. The summed E-state index contributed by atoms with van der Waals surface area (Å²) in [4.78, 5) is 14.1. The van der Waals surface area contributed by atoms with Crippen LogP contribution >= 0.6 is 0 Å². The molecular formula is C13H12F3NO2. The number of rotatable bonds is 3. The van der Waals surface area contributed by atoms with Crippen molar-refractivity contribution >= 4 is 6.08 Å². The van der Waals surface area contributed by atoms with Crippen LogP contribution in [-0.2, 0) is 16.5 Å². The Bertz CT molecular complexity index is 529. The van der Waals surface area contributed by atoms with E-state index >= 15 is 0 Å². The van der Waals surface area contributed by atoms with Crippen LogP contribution in [0.3, 0.4) is 0 Å². The molecule has 3 nitrogen and oxygen atoms in total. The predicted octanol–water partition coefficient (Wildman–Crippen LogP) is 3.43. The summed E-state index contributed by atoms with van der Waals surface area (Å²) in [6, 6.07) is 3.72. The van der Waals surface area contributed by atoms with Gasteiger partial charge in [0.1, 0.15) is 5.75 Å². The van der Waals surface area contributed by atoms with Crippen molar-refractivity contribution < 1.29 is 22.7 Å². The maximum atomic E-state index is 13.1. The summed E-state index contributed by atoms with van der Waals surface area (Å²) in [6.07, 6.45) is -1.52. The molecule has 0 heterocycles. The lowest BCUT2D eigenvalue weighted by atomic mass is 9.71. The van der Waals surface area contributed by atoms with Crippen molar-refractivity contribution in [3.63, 3.8) is 0 Å². The topological polar surface area (TPSA) is 38.7 Å². The highest BCUT2D eigenvalue weighted by Gasteiger charge is 2.45. The van der Waals surface area contributed by atoms with Gasteiger partial charge >= 0.3 is 6.18 Å². The fourth-order valence-electron chi connectivity index (χ4n) is 2.33. The van der Waals surface area contributed by atoms with E-state index in [2.05, 4.69) is 4.99 Å². The van der Waals surface area contributed by atoms with E-state index in [0.717, 1.165) is 12.5 Å². The van der Waals surface area contributed by atoms with Crippen LogP contribution in [0.25, 0.3) is 0 Å². The summed E-state index contributed by atoms with van der Waals surface area (Å²) >= 11 is 0. The summed E-state index contributed by atoms with van der Waals surface area (Å²) < 4.78 is 44.1. The highest BCUT2D eigenvalue weighted by molar-refractivity contribution is 5.46. The van der Waals surface area contributed by atoms with Gasteiger partial charge in [-0.1, -0.05) is 6.07 Å². The van der Waals surface area contributed by atoms with E-state index in [1.54, 1.807) is 0 Å². The van der Waals surface area contributed by atoms with Gasteiger partial charge in [0, 0.05) is 0 Å². The average molecular weight is 271 g/mol. The third kappa shape index (κ3) is 2.36. The lowest BCUT2D eigenvalue weighted by molar-refractivity contribution is -0.139. The maximum Gasteiger partial charge on any atom is 0.416 e. The quantitative estimate of drug-likeness (QED) is 0.624. The van der Waals surface area contributed by atoms with Crippen LogP contribution in [0.2, 0.25) is 0 Å². The van der Waals surface area contributed by atoms with Crippen LogP contribution in [0, 0.1) is 0 Å². The van der Waals surface area contributed by atoms with Gasteiger partial charge in [-0.3, -0.25) is 0 Å². The molecule has 0 bridgehead atoms. The molecule has 0 spiro atoms. The minimum atomic E-state index is -4.51. The fraction of sp³-hybridized carbons (Fsp3) is 0.462. The molecular weight excluding hydrogens is 259 g/mol. The standard InChI is InChI=1S/C13H12F3NO2/c1-19-9-3-4-10(11(7-9)13(14,15)16)12(17-8-18)5-2-6-12/h3-4,7H,2,5-6H2,1H3. The molecule has 0 N–H and O–H groups in total. The lowest BCUT2D eigenvalue weighted by Gasteiger charge is -2.38. The molecule has 0 atom stereocenters. The van der Waals surface area contributed by atoms with Crippen molar-refractivity contribution in [2.24, 2.45) is 4.99 Å². The largest absolute Gasteiger partial charge is 0.497 e. The Balaban J connectivity index is 2.59. The number of alkyl halides is 3. The first-order valence-electron chi connectivity index (χ1n) is 5.78. The third-order valence-corrected chi connectivity index (χ3v) is 3.47. The first-order chi connectivity index (χ1) is 8.93. The molecule has 6 heteroatoms. The van der Waals surface area contributed by atoms with Gasteiger partial charge in [-0.2, -0.15) is 18.2 Å². The van der Waals surface area contributed by atoms with E-state index in [1.165, 1.54) is 25.3 Å². The summed E-state index contributed by atoms with van der Waals surface area (Å²) in [5.74, 6) is 0.126. The summed E-state index contributed by atoms with van der Waals surface area (Å²) in [5.41, 5.74) is -1.85. The smallest absolute Gasteiger partial charge is 0.416 e. The number of methoxy groups -OCH3 is 1. The monoisotopic (exact) mass is 271 g/mol. The van der Waals surface area contributed by atoms with Crippen molar-refractivity contribution in [3.05, 3.63) is 29.3 Å². The lowest BCUT2D eigenvalue weighted by Crippen LogP contribution is -2.34. The molecule has 19 heavy (non-hydrogen) atoms. The zero-order valence-corrected chi connectivity index (χ0v) is 10.3. The molecule has 0 saturated heterocycles. The van der Waals surface area contributed by atoms with Gasteiger partial charge in [0.15, 0.2) is 0 Å². The molecule has 1 aromatic carbocycles. The van der Waals surface area contributed by atoms with E-state index in [9.17, 15) is 18.0 Å². The van der Waals surface area contributed by atoms with E-state index in [-0.39, 0.29) is 11.3 Å². The van der Waals surface area contributed by atoms with Crippen molar-refractivity contribution in [1.29, 1.82) is 0 Å². The van der Waals surface area contributed by atoms with Crippen LogP contribution in [0.5, 0.6) is 5.75 Å². The Morgan fingerprint density at radius 1 is 1.37 bits per heavy atom. The zero-order chi connectivity index (χ0) is 14.1. The van der Waals surface area contributed by atoms with Crippen molar-refractivity contribution in [2.45, 2.75) is 31.0 Å². The molecule has 0 aromatic heterocycles. The zero-order valence-electron chi connectivity index (χ0n) is 10.3. The van der Waals surface area contributed by atoms with Gasteiger partial charge in [0.05, 0.1) is 18.2 Å². The highest BCUT2D eigenvalue weighted by Crippen LogP contribution is 2.49. The highest BCUT2D eigenvalue weighted by atomic mass is 19.4. The number of hydrogen-bond acceptors (Lipinski definition) is 3. The molecule has 0 radical (unpaired) electrons. The molecule has 1 aromatic rings. The van der Waals surface area contributed by atoms with Gasteiger partial charge in [0.2, 0.25) is 6.08 Å². The van der Waals surface area contributed by atoms with Gasteiger partial charge in [-0.05, 0) is 37.0 Å². The average Bonchev–Trinajstić information content (AvgIpc) is 2.32.